The second-order valence-electron chi connectivity index (χ2n) is 6.06. The number of aliphatic carboxylic acids is 1. The van der Waals surface area contributed by atoms with Crippen molar-refractivity contribution in [3.05, 3.63) is 71.3 Å². The number of carboxylic acids is 1. The number of hydrogen-bond donors (Lipinski definition) is 3. The maximum atomic E-state index is 12.7. The van der Waals surface area contributed by atoms with Crippen LogP contribution in [0.15, 0.2) is 48.5 Å². The molecule has 0 bridgehead atoms. The summed E-state index contributed by atoms with van der Waals surface area (Å²) in [5, 5.41) is 17.4. The summed E-state index contributed by atoms with van der Waals surface area (Å²) in [5.74, 6) is -2.50. The Morgan fingerprint density at radius 3 is 2.32 bits per heavy atom. The third-order valence-electron chi connectivity index (χ3n) is 4.05. The molecule has 0 aliphatic heterocycles. The van der Waals surface area contributed by atoms with Gasteiger partial charge in [0.15, 0.2) is 17.7 Å². The number of benzene rings is 2. The van der Waals surface area contributed by atoms with E-state index in [1.54, 1.807) is 6.07 Å². The molecule has 0 spiro atoms. The van der Waals surface area contributed by atoms with E-state index in [1.807, 2.05) is 30.3 Å². The maximum Gasteiger partial charge on any atom is 0.332 e. The molecule has 0 aromatic heterocycles. The number of rotatable bonds is 5. The van der Waals surface area contributed by atoms with Crippen LogP contribution in [-0.4, -0.2) is 28.3 Å². The van der Waals surface area contributed by atoms with Crippen molar-refractivity contribution >= 4 is 5.97 Å². The van der Waals surface area contributed by atoms with Crippen LogP contribution in [0.2, 0.25) is 0 Å². The van der Waals surface area contributed by atoms with Gasteiger partial charge in [-0.3, -0.25) is 0 Å². The molecule has 4 N–H and O–H groups in total. The van der Waals surface area contributed by atoms with Crippen LogP contribution in [0.25, 0.3) is 0 Å². The second kappa shape index (κ2) is 8.69. The quantitative estimate of drug-likeness (QED) is 0.775. The molecule has 2 aromatic rings. The van der Waals surface area contributed by atoms with E-state index in [1.165, 1.54) is 6.07 Å². The van der Waals surface area contributed by atoms with E-state index >= 15 is 0 Å². The summed E-state index contributed by atoms with van der Waals surface area (Å²) in [6.07, 6.45) is 0.485. The van der Waals surface area contributed by atoms with Gasteiger partial charge in [-0.05, 0) is 42.5 Å². The van der Waals surface area contributed by atoms with Gasteiger partial charge in [0.25, 0.3) is 0 Å². The molecule has 0 heterocycles. The van der Waals surface area contributed by atoms with E-state index in [-0.39, 0.29) is 18.4 Å². The van der Waals surface area contributed by atoms with Gasteiger partial charge in [-0.25, -0.2) is 13.6 Å². The highest BCUT2D eigenvalue weighted by Gasteiger charge is 2.35. The van der Waals surface area contributed by atoms with Crippen molar-refractivity contribution in [3.63, 3.8) is 0 Å². The molecule has 1 aliphatic carbocycles. The zero-order chi connectivity index (χ0) is 18.4. The van der Waals surface area contributed by atoms with Crippen LogP contribution < -0.4 is 5.73 Å². The largest absolute Gasteiger partial charge is 0.479 e. The van der Waals surface area contributed by atoms with Crippen molar-refractivity contribution in [1.82, 2.24) is 0 Å². The lowest BCUT2D eigenvalue weighted by Gasteiger charge is -2.04. The number of nitrogens with two attached hydrogens (primary N) is 1. The topological polar surface area (TPSA) is 83.6 Å². The molecule has 1 saturated carbocycles. The van der Waals surface area contributed by atoms with Crippen LogP contribution in [0, 0.1) is 11.6 Å². The number of aliphatic hydroxyl groups is 1. The van der Waals surface area contributed by atoms with Crippen molar-refractivity contribution in [2.45, 2.75) is 37.3 Å². The van der Waals surface area contributed by atoms with Gasteiger partial charge in [0.05, 0.1) is 0 Å². The predicted molar refractivity (Wildman–Crippen MR) is 90.1 cm³/mol. The summed E-state index contributed by atoms with van der Waals surface area (Å²) in [5.41, 5.74) is 7.42. The van der Waals surface area contributed by atoms with Gasteiger partial charge in [0.2, 0.25) is 0 Å². The highest BCUT2D eigenvalue weighted by molar-refractivity contribution is 5.71. The van der Waals surface area contributed by atoms with E-state index in [4.69, 9.17) is 15.9 Å². The molecule has 6 heteroatoms. The van der Waals surface area contributed by atoms with E-state index in [2.05, 4.69) is 0 Å². The van der Waals surface area contributed by atoms with Crippen molar-refractivity contribution in [3.8, 4) is 0 Å². The van der Waals surface area contributed by atoms with Gasteiger partial charge >= 0.3 is 5.97 Å². The molecule has 0 saturated heterocycles. The number of aryl methyl sites for hydroxylation is 1. The molecule has 1 fully saturated rings. The number of hydrogen-bond acceptors (Lipinski definition) is 3. The Balaban J connectivity index is 0.000000181. The van der Waals surface area contributed by atoms with E-state index in [0.717, 1.165) is 23.6 Å². The summed E-state index contributed by atoms with van der Waals surface area (Å²) < 4.78 is 25.2. The molecule has 3 unspecified atom stereocenters. The summed E-state index contributed by atoms with van der Waals surface area (Å²) >= 11 is 0. The minimum absolute atomic E-state index is 0.134. The molecule has 0 radical (unpaired) electrons. The van der Waals surface area contributed by atoms with Crippen LogP contribution in [0.1, 0.15) is 29.9 Å². The van der Waals surface area contributed by atoms with Gasteiger partial charge in [-0.2, -0.15) is 0 Å². The Hall–Kier alpha value is -2.31. The smallest absolute Gasteiger partial charge is 0.332 e. The fourth-order valence-electron chi connectivity index (χ4n) is 2.41. The first kappa shape index (κ1) is 19.0. The molecular formula is C19H21F2NO3. The minimum atomic E-state index is -1.25. The van der Waals surface area contributed by atoms with Gasteiger partial charge in [0, 0.05) is 12.0 Å². The fraction of sp³-hybridized carbons (Fsp3) is 0.316. The molecule has 1 aliphatic rings. The average molecular weight is 349 g/mol. The van der Waals surface area contributed by atoms with Crippen LogP contribution >= 0.6 is 0 Å². The molecule has 3 rings (SSSR count). The zero-order valence-electron chi connectivity index (χ0n) is 13.6. The first-order chi connectivity index (χ1) is 11.9. The lowest BCUT2D eigenvalue weighted by molar-refractivity contribution is -0.146. The Labute approximate surface area is 144 Å². The summed E-state index contributed by atoms with van der Waals surface area (Å²) in [6.45, 7) is 0. The van der Waals surface area contributed by atoms with Gasteiger partial charge < -0.3 is 15.9 Å². The standard InChI is InChI=1S/C10H12O3.C9H9F2N/c11-9(10(12)13)7-6-8-4-2-1-3-5-8;10-7-2-1-5(3-8(7)11)6-4-9(6)12/h1-5,9,11H,6-7H2,(H,12,13);1-3,6,9H,4,12H2. The molecule has 2 aromatic carbocycles. The molecule has 3 atom stereocenters. The zero-order valence-corrected chi connectivity index (χ0v) is 13.6. The Bertz CT molecular complexity index is 709. The molecule has 0 amide bonds. The average Bonchev–Trinajstić information content (AvgIpc) is 3.33. The van der Waals surface area contributed by atoms with Crippen LogP contribution in [-0.2, 0) is 11.2 Å². The van der Waals surface area contributed by atoms with Crippen molar-refractivity contribution in [2.24, 2.45) is 5.73 Å². The minimum Gasteiger partial charge on any atom is -0.479 e. The second-order valence-corrected chi connectivity index (χ2v) is 6.06. The highest BCUT2D eigenvalue weighted by Crippen LogP contribution is 2.39. The fourth-order valence-corrected chi connectivity index (χ4v) is 2.41. The number of carboxylic acid groups (broad SMARTS) is 1. The van der Waals surface area contributed by atoms with Crippen LogP contribution in [0.4, 0.5) is 8.78 Å². The normalized spacial score (nSPS) is 19.5. The Morgan fingerprint density at radius 2 is 1.80 bits per heavy atom. The van der Waals surface area contributed by atoms with Crippen molar-refractivity contribution in [2.75, 3.05) is 0 Å². The van der Waals surface area contributed by atoms with Gasteiger partial charge in [0.1, 0.15) is 0 Å². The van der Waals surface area contributed by atoms with Gasteiger partial charge in [-0.15, -0.1) is 0 Å². The number of halogens is 2. The SMILES string of the molecule is NC1CC1c1ccc(F)c(F)c1.O=C(O)C(O)CCc1ccccc1. The lowest BCUT2D eigenvalue weighted by atomic mass is 10.1. The Morgan fingerprint density at radius 1 is 1.16 bits per heavy atom. The van der Waals surface area contributed by atoms with E-state index in [0.29, 0.717) is 6.42 Å². The van der Waals surface area contributed by atoms with Gasteiger partial charge in [-0.1, -0.05) is 36.4 Å². The molecule has 4 nitrogen and oxygen atoms in total. The predicted octanol–water partition coefficient (Wildman–Crippen LogP) is 2.84. The van der Waals surface area contributed by atoms with Crippen molar-refractivity contribution < 1.29 is 23.8 Å². The first-order valence-corrected chi connectivity index (χ1v) is 8.03. The third-order valence-corrected chi connectivity index (χ3v) is 4.05. The van der Waals surface area contributed by atoms with Crippen LogP contribution in [0.3, 0.4) is 0 Å². The molecule has 134 valence electrons. The monoisotopic (exact) mass is 349 g/mol. The summed E-state index contributed by atoms with van der Waals surface area (Å²) in [6, 6.07) is 13.6. The number of carbonyl (C=O) groups is 1. The molecule has 25 heavy (non-hydrogen) atoms. The molecular weight excluding hydrogens is 328 g/mol. The third kappa shape index (κ3) is 5.92. The summed E-state index contributed by atoms with van der Waals surface area (Å²) in [7, 11) is 0. The number of aliphatic hydroxyl groups excluding tert-OH is 1. The van der Waals surface area contributed by atoms with Crippen molar-refractivity contribution in [1.29, 1.82) is 0 Å². The van der Waals surface area contributed by atoms with Crippen LogP contribution in [0.5, 0.6) is 0 Å². The highest BCUT2D eigenvalue weighted by atomic mass is 19.2. The summed E-state index contributed by atoms with van der Waals surface area (Å²) in [4.78, 5) is 10.3. The van der Waals surface area contributed by atoms with E-state index in [9.17, 15) is 13.6 Å². The lowest BCUT2D eigenvalue weighted by Crippen LogP contribution is -2.19. The first-order valence-electron chi connectivity index (χ1n) is 8.03. The van der Waals surface area contributed by atoms with E-state index < -0.39 is 23.7 Å². The maximum absolute atomic E-state index is 12.7. The Kier molecular flexibility index (Phi) is 6.61.